The summed E-state index contributed by atoms with van der Waals surface area (Å²) >= 11 is 0. The van der Waals surface area contributed by atoms with E-state index < -0.39 is 10.0 Å². The maximum absolute atomic E-state index is 13.1. The molecule has 4 nitrogen and oxygen atoms in total. The molecule has 0 aliphatic heterocycles. The molecule has 0 N–H and O–H groups in total. The molecule has 2 aromatic rings. The van der Waals surface area contributed by atoms with Crippen LogP contribution in [0.3, 0.4) is 0 Å². The van der Waals surface area contributed by atoms with Gasteiger partial charge in [-0.25, -0.2) is 8.42 Å². The number of ether oxygens (including phenoxy) is 1. The maximum atomic E-state index is 13.1. The van der Waals surface area contributed by atoms with Crippen molar-refractivity contribution in [1.82, 2.24) is 4.31 Å². The van der Waals surface area contributed by atoms with Crippen LogP contribution in [0.15, 0.2) is 41.3 Å². The summed E-state index contributed by atoms with van der Waals surface area (Å²) in [5.74, 6) is 0.722. The third kappa shape index (κ3) is 3.67. The van der Waals surface area contributed by atoms with E-state index in [9.17, 15) is 8.42 Å². The van der Waals surface area contributed by atoms with Crippen LogP contribution in [0.1, 0.15) is 33.6 Å². The van der Waals surface area contributed by atoms with E-state index in [-0.39, 0.29) is 0 Å². The van der Waals surface area contributed by atoms with E-state index in [0.717, 1.165) is 29.4 Å². The van der Waals surface area contributed by atoms with Crippen molar-refractivity contribution < 1.29 is 13.2 Å². The third-order valence-corrected chi connectivity index (χ3v) is 5.66. The number of hydrogen-bond donors (Lipinski definition) is 0. The summed E-state index contributed by atoms with van der Waals surface area (Å²) in [6, 6.07) is 10.9. The molecule has 0 aliphatic rings. The van der Waals surface area contributed by atoms with E-state index in [1.807, 2.05) is 45.0 Å². The third-order valence-electron chi connectivity index (χ3n) is 3.71. The monoisotopic (exact) mass is 335 g/mol. The zero-order chi connectivity index (χ0) is 16.9. The predicted molar refractivity (Wildman–Crippen MR) is 94.5 cm³/mol. The Morgan fingerprint density at radius 2 is 1.52 bits per heavy atom. The fourth-order valence-corrected chi connectivity index (χ4v) is 4.56. The molecule has 0 spiro atoms. The zero-order valence-corrected chi connectivity index (χ0v) is 14.9. The molecule has 0 aliphatic carbocycles. The number of fused-ring (bicyclic) bond motifs is 1. The van der Waals surface area contributed by atoms with Gasteiger partial charge < -0.3 is 4.74 Å². The first-order chi connectivity index (χ1) is 11.1. The average molecular weight is 335 g/mol. The van der Waals surface area contributed by atoms with E-state index >= 15 is 0 Å². The molecule has 0 heterocycles. The lowest BCUT2D eigenvalue weighted by molar-refractivity contribution is 0.344. The van der Waals surface area contributed by atoms with Gasteiger partial charge in [-0.2, -0.15) is 4.31 Å². The van der Waals surface area contributed by atoms with Crippen molar-refractivity contribution in [2.45, 2.75) is 38.5 Å². The van der Waals surface area contributed by atoms with Crippen LogP contribution in [-0.2, 0) is 10.0 Å². The maximum Gasteiger partial charge on any atom is 0.243 e. The smallest absolute Gasteiger partial charge is 0.243 e. The quantitative estimate of drug-likeness (QED) is 0.731. The molecule has 0 amide bonds. The van der Waals surface area contributed by atoms with Gasteiger partial charge in [0.2, 0.25) is 10.0 Å². The molecule has 0 aromatic heterocycles. The Morgan fingerprint density at radius 1 is 0.913 bits per heavy atom. The summed E-state index contributed by atoms with van der Waals surface area (Å²) in [6.07, 6.45) is 1.60. The lowest BCUT2D eigenvalue weighted by Crippen LogP contribution is -2.32. The fraction of sp³-hybridized carbons (Fsp3) is 0.444. The molecular formula is C18H25NO3S. The number of benzene rings is 2. The van der Waals surface area contributed by atoms with E-state index in [4.69, 9.17) is 4.74 Å². The number of rotatable bonds is 8. The van der Waals surface area contributed by atoms with E-state index in [1.54, 1.807) is 16.4 Å². The SMILES string of the molecule is CCCN(CCC)S(=O)(=O)c1ccc(OCC)c2ccccc12. The van der Waals surface area contributed by atoms with Gasteiger partial charge in [0.15, 0.2) is 0 Å². The molecule has 0 saturated carbocycles. The molecule has 2 rings (SSSR count). The van der Waals surface area contributed by atoms with Gasteiger partial charge in [-0.3, -0.25) is 0 Å². The van der Waals surface area contributed by atoms with Gasteiger partial charge in [0.25, 0.3) is 0 Å². The molecule has 0 bridgehead atoms. The Balaban J connectivity index is 2.60. The highest BCUT2D eigenvalue weighted by molar-refractivity contribution is 7.89. The van der Waals surface area contributed by atoms with Gasteiger partial charge in [0, 0.05) is 23.9 Å². The van der Waals surface area contributed by atoms with Crippen LogP contribution in [-0.4, -0.2) is 32.4 Å². The van der Waals surface area contributed by atoms with Crippen molar-refractivity contribution in [3.05, 3.63) is 36.4 Å². The molecule has 0 radical (unpaired) electrons. The average Bonchev–Trinajstić information content (AvgIpc) is 2.55. The summed E-state index contributed by atoms with van der Waals surface area (Å²) in [4.78, 5) is 0.360. The summed E-state index contributed by atoms with van der Waals surface area (Å²) in [6.45, 7) is 7.54. The highest BCUT2D eigenvalue weighted by Gasteiger charge is 2.25. The highest BCUT2D eigenvalue weighted by atomic mass is 32.2. The minimum atomic E-state index is -3.51. The van der Waals surface area contributed by atoms with Crippen molar-refractivity contribution in [2.75, 3.05) is 19.7 Å². The van der Waals surface area contributed by atoms with Crippen molar-refractivity contribution in [3.8, 4) is 5.75 Å². The van der Waals surface area contributed by atoms with Crippen molar-refractivity contribution in [2.24, 2.45) is 0 Å². The van der Waals surface area contributed by atoms with Crippen molar-refractivity contribution in [1.29, 1.82) is 0 Å². The molecule has 0 saturated heterocycles. The lowest BCUT2D eigenvalue weighted by atomic mass is 10.1. The minimum Gasteiger partial charge on any atom is -0.493 e. The molecule has 126 valence electrons. The summed E-state index contributed by atoms with van der Waals surface area (Å²) in [7, 11) is -3.51. The van der Waals surface area contributed by atoms with Gasteiger partial charge in [-0.15, -0.1) is 0 Å². The van der Waals surface area contributed by atoms with Gasteiger partial charge >= 0.3 is 0 Å². The second kappa shape index (κ2) is 7.79. The molecule has 5 heteroatoms. The second-order valence-electron chi connectivity index (χ2n) is 5.44. The van der Waals surface area contributed by atoms with Gasteiger partial charge in [0.05, 0.1) is 11.5 Å². The summed E-state index contributed by atoms with van der Waals surface area (Å²) in [5, 5.41) is 1.55. The first-order valence-electron chi connectivity index (χ1n) is 8.20. The predicted octanol–water partition coefficient (Wildman–Crippen LogP) is 4.05. The first-order valence-corrected chi connectivity index (χ1v) is 9.64. The Bertz CT molecular complexity index is 750. The Morgan fingerprint density at radius 3 is 2.09 bits per heavy atom. The van der Waals surface area contributed by atoms with Crippen molar-refractivity contribution in [3.63, 3.8) is 0 Å². The standard InChI is InChI=1S/C18H25NO3S/c1-4-13-19(14-5-2)23(20,21)18-12-11-17(22-6-3)15-9-7-8-10-16(15)18/h7-12H,4-6,13-14H2,1-3H3. The van der Waals surface area contributed by atoms with Gasteiger partial charge in [0.1, 0.15) is 5.75 Å². The minimum absolute atomic E-state index is 0.360. The largest absolute Gasteiger partial charge is 0.493 e. The van der Waals surface area contributed by atoms with Gasteiger partial charge in [-0.05, 0) is 31.9 Å². The number of sulfonamides is 1. The Kier molecular flexibility index (Phi) is 6.02. The number of hydrogen-bond acceptors (Lipinski definition) is 3. The highest BCUT2D eigenvalue weighted by Crippen LogP contribution is 2.32. The summed E-state index contributed by atoms with van der Waals surface area (Å²) < 4.78 is 33.4. The Hall–Kier alpha value is -1.59. The van der Waals surface area contributed by atoms with E-state index in [2.05, 4.69) is 0 Å². The van der Waals surface area contributed by atoms with E-state index in [1.165, 1.54) is 0 Å². The number of nitrogens with zero attached hydrogens (tertiary/aromatic N) is 1. The van der Waals surface area contributed by atoms with Crippen LogP contribution in [0.25, 0.3) is 10.8 Å². The van der Waals surface area contributed by atoms with Crippen LogP contribution in [0.4, 0.5) is 0 Å². The summed E-state index contributed by atoms with van der Waals surface area (Å²) in [5.41, 5.74) is 0. The molecule has 23 heavy (non-hydrogen) atoms. The van der Waals surface area contributed by atoms with Crippen LogP contribution >= 0.6 is 0 Å². The molecule has 0 fully saturated rings. The van der Waals surface area contributed by atoms with Crippen LogP contribution in [0.5, 0.6) is 5.75 Å². The van der Waals surface area contributed by atoms with Gasteiger partial charge in [-0.1, -0.05) is 38.1 Å². The zero-order valence-electron chi connectivity index (χ0n) is 14.1. The lowest BCUT2D eigenvalue weighted by Gasteiger charge is -2.22. The second-order valence-corrected chi connectivity index (χ2v) is 7.35. The van der Waals surface area contributed by atoms with Crippen LogP contribution in [0.2, 0.25) is 0 Å². The fourth-order valence-electron chi connectivity index (χ4n) is 2.74. The molecular weight excluding hydrogens is 310 g/mol. The first kappa shape index (κ1) is 17.8. The molecule has 2 aromatic carbocycles. The van der Waals surface area contributed by atoms with E-state index in [0.29, 0.717) is 24.6 Å². The molecule has 0 atom stereocenters. The molecule has 0 unspecified atom stereocenters. The normalized spacial score (nSPS) is 12.0. The van der Waals surface area contributed by atoms with Crippen LogP contribution in [0, 0.1) is 0 Å². The van der Waals surface area contributed by atoms with Crippen LogP contribution < -0.4 is 4.74 Å². The Labute approximate surface area is 139 Å². The topological polar surface area (TPSA) is 46.6 Å². The van der Waals surface area contributed by atoms with Crippen molar-refractivity contribution >= 4 is 20.8 Å².